The molecule has 8 nitrogen and oxygen atoms in total. The van der Waals surface area contributed by atoms with E-state index in [1.807, 2.05) is 0 Å². The molecule has 2 saturated heterocycles. The third-order valence-corrected chi connectivity index (χ3v) is 8.12. The van der Waals surface area contributed by atoms with Crippen LogP contribution in [0.4, 0.5) is 5.69 Å². The number of nitrogens with zero attached hydrogens (tertiary/aromatic N) is 3. The predicted octanol–water partition coefficient (Wildman–Crippen LogP) is 1.28. The number of nitrogens with one attached hydrogen (secondary N) is 1. The van der Waals surface area contributed by atoms with Crippen LogP contribution in [0.1, 0.15) is 33.1 Å². The van der Waals surface area contributed by atoms with Gasteiger partial charge in [0.2, 0.25) is 21.8 Å². The predicted molar refractivity (Wildman–Crippen MR) is 116 cm³/mol. The Morgan fingerprint density at radius 3 is 2.30 bits per heavy atom. The molecule has 9 heteroatoms. The minimum Gasteiger partial charge on any atom is -0.353 e. The van der Waals surface area contributed by atoms with Crippen LogP contribution >= 0.6 is 0 Å². The van der Waals surface area contributed by atoms with Gasteiger partial charge in [-0.1, -0.05) is 13.8 Å². The van der Waals surface area contributed by atoms with Crippen molar-refractivity contribution in [3.05, 3.63) is 24.3 Å². The van der Waals surface area contributed by atoms with Crippen LogP contribution in [0, 0.1) is 5.92 Å². The van der Waals surface area contributed by atoms with Crippen LogP contribution in [-0.2, 0) is 19.6 Å². The van der Waals surface area contributed by atoms with Gasteiger partial charge in [-0.2, -0.15) is 4.31 Å². The van der Waals surface area contributed by atoms with Gasteiger partial charge in [0, 0.05) is 37.8 Å². The molecule has 30 heavy (non-hydrogen) atoms. The molecule has 0 spiro atoms. The highest BCUT2D eigenvalue weighted by Crippen LogP contribution is 2.27. The number of carbonyl (C=O) groups is 2. The standard InChI is InChI=1S/C21H32N4O4S/c1-4-24(5-2)30(28,29)19-8-6-18(7-9-19)25-15-16(14-20(25)26)21(27)22-17-10-12-23(3)13-11-17/h6-9,16-17H,4-5,10-15H2,1-3H3,(H,22,27). The second-order valence-corrected chi connectivity index (χ2v) is 10.0. The molecular weight excluding hydrogens is 404 g/mol. The summed E-state index contributed by atoms with van der Waals surface area (Å²) in [4.78, 5) is 29.2. The molecule has 2 heterocycles. The monoisotopic (exact) mass is 436 g/mol. The number of hydrogen-bond acceptors (Lipinski definition) is 5. The number of anilines is 1. The first-order valence-corrected chi connectivity index (χ1v) is 12.1. The maximum atomic E-state index is 12.7. The van der Waals surface area contributed by atoms with Crippen molar-refractivity contribution in [3.8, 4) is 0 Å². The Morgan fingerprint density at radius 1 is 1.13 bits per heavy atom. The zero-order valence-electron chi connectivity index (χ0n) is 18.0. The Hall–Kier alpha value is -1.97. The van der Waals surface area contributed by atoms with E-state index in [-0.39, 0.29) is 35.1 Å². The summed E-state index contributed by atoms with van der Waals surface area (Å²) in [6.45, 7) is 6.65. The SMILES string of the molecule is CCN(CC)S(=O)(=O)c1ccc(N2CC(C(=O)NC3CCN(C)CC3)CC2=O)cc1. The van der Waals surface area contributed by atoms with E-state index in [1.165, 1.54) is 16.4 Å². The summed E-state index contributed by atoms with van der Waals surface area (Å²) in [6.07, 6.45) is 2.03. The fraction of sp³-hybridized carbons (Fsp3) is 0.619. The summed E-state index contributed by atoms with van der Waals surface area (Å²) in [7, 11) is -1.46. The van der Waals surface area contributed by atoms with Crippen molar-refractivity contribution < 1.29 is 18.0 Å². The number of carbonyl (C=O) groups excluding carboxylic acids is 2. The van der Waals surface area contributed by atoms with Crippen molar-refractivity contribution in [2.24, 2.45) is 5.92 Å². The van der Waals surface area contributed by atoms with Gasteiger partial charge in [0.05, 0.1) is 10.8 Å². The van der Waals surface area contributed by atoms with Crippen molar-refractivity contribution in [2.75, 3.05) is 44.7 Å². The van der Waals surface area contributed by atoms with Crippen LogP contribution < -0.4 is 10.2 Å². The van der Waals surface area contributed by atoms with Gasteiger partial charge in [0.15, 0.2) is 0 Å². The lowest BCUT2D eigenvalue weighted by molar-refractivity contribution is -0.127. The largest absolute Gasteiger partial charge is 0.353 e. The van der Waals surface area contributed by atoms with E-state index >= 15 is 0 Å². The molecule has 1 N–H and O–H groups in total. The number of amides is 2. The molecule has 3 rings (SSSR count). The molecule has 2 aliphatic rings. The fourth-order valence-electron chi connectivity index (χ4n) is 4.12. The van der Waals surface area contributed by atoms with E-state index in [0.29, 0.717) is 25.3 Å². The number of sulfonamides is 1. The van der Waals surface area contributed by atoms with Crippen LogP contribution in [0.25, 0.3) is 0 Å². The topological polar surface area (TPSA) is 90.0 Å². The van der Waals surface area contributed by atoms with Gasteiger partial charge in [-0.15, -0.1) is 0 Å². The fourth-order valence-corrected chi connectivity index (χ4v) is 5.57. The molecule has 2 amide bonds. The van der Waals surface area contributed by atoms with Gasteiger partial charge in [-0.05, 0) is 57.2 Å². The van der Waals surface area contributed by atoms with Crippen LogP contribution in [0.3, 0.4) is 0 Å². The summed E-state index contributed by atoms with van der Waals surface area (Å²) in [5.74, 6) is -0.560. The first-order valence-electron chi connectivity index (χ1n) is 10.7. The first kappa shape index (κ1) is 22.7. The van der Waals surface area contributed by atoms with Gasteiger partial charge in [-0.25, -0.2) is 8.42 Å². The van der Waals surface area contributed by atoms with E-state index in [9.17, 15) is 18.0 Å². The lowest BCUT2D eigenvalue weighted by Gasteiger charge is -2.30. The number of rotatable bonds is 7. The summed E-state index contributed by atoms with van der Waals surface area (Å²) in [5, 5.41) is 3.10. The van der Waals surface area contributed by atoms with E-state index in [2.05, 4.69) is 17.3 Å². The van der Waals surface area contributed by atoms with Crippen molar-refractivity contribution in [2.45, 2.75) is 44.0 Å². The molecule has 2 fully saturated rings. The van der Waals surface area contributed by atoms with E-state index < -0.39 is 10.0 Å². The summed E-state index contributed by atoms with van der Waals surface area (Å²) < 4.78 is 26.7. The minimum atomic E-state index is -3.54. The smallest absolute Gasteiger partial charge is 0.243 e. The molecule has 2 aliphatic heterocycles. The zero-order chi connectivity index (χ0) is 21.9. The molecule has 1 aromatic carbocycles. The van der Waals surface area contributed by atoms with Crippen molar-refractivity contribution in [3.63, 3.8) is 0 Å². The molecule has 1 unspecified atom stereocenters. The second-order valence-electron chi connectivity index (χ2n) is 8.07. The molecule has 0 saturated carbocycles. The Bertz CT molecular complexity index is 859. The highest BCUT2D eigenvalue weighted by Gasteiger charge is 2.36. The molecule has 0 radical (unpaired) electrons. The van der Waals surface area contributed by atoms with Crippen molar-refractivity contribution in [1.29, 1.82) is 0 Å². The Morgan fingerprint density at radius 2 is 1.73 bits per heavy atom. The first-order chi connectivity index (χ1) is 14.3. The summed E-state index contributed by atoms with van der Waals surface area (Å²) >= 11 is 0. The average Bonchev–Trinajstić information content (AvgIpc) is 3.12. The van der Waals surface area contributed by atoms with Gasteiger partial charge >= 0.3 is 0 Å². The van der Waals surface area contributed by atoms with Gasteiger partial charge in [0.1, 0.15) is 0 Å². The second kappa shape index (κ2) is 9.45. The molecule has 0 aromatic heterocycles. The Kier molecular flexibility index (Phi) is 7.15. The lowest BCUT2D eigenvalue weighted by atomic mass is 10.0. The summed E-state index contributed by atoms with van der Waals surface area (Å²) in [6, 6.07) is 6.52. The van der Waals surface area contributed by atoms with Gasteiger partial charge in [-0.3, -0.25) is 9.59 Å². The molecule has 1 aromatic rings. The Balaban J connectivity index is 1.64. The number of benzene rings is 1. The maximum Gasteiger partial charge on any atom is 0.243 e. The number of hydrogen-bond donors (Lipinski definition) is 1. The van der Waals surface area contributed by atoms with Crippen LogP contribution in [0.5, 0.6) is 0 Å². The molecule has 166 valence electrons. The number of likely N-dealkylation sites (tertiary alicyclic amines) is 1. The highest BCUT2D eigenvalue weighted by atomic mass is 32.2. The molecular formula is C21H32N4O4S. The van der Waals surface area contributed by atoms with Crippen LogP contribution in [-0.4, -0.2) is 75.3 Å². The van der Waals surface area contributed by atoms with E-state index in [0.717, 1.165) is 25.9 Å². The molecule has 0 bridgehead atoms. The van der Waals surface area contributed by atoms with Crippen molar-refractivity contribution >= 4 is 27.5 Å². The van der Waals surface area contributed by atoms with E-state index in [1.54, 1.807) is 30.9 Å². The highest BCUT2D eigenvalue weighted by molar-refractivity contribution is 7.89. The van der Waals surface area contributed by atoms with Crippen LogP contribution in [0.15, 0.2) is 29.2 Å². The number of piperidine rings is 1. The third kappa shape index (κ3) is 4.84. The van der Waals surface area contributed by atoms with Crippen molar-refractivity contribution in [1.82, 2.24) is 14.5 Å². The third-order valence-electron chi connectivity index (χ3n) is 6.05. The van der Waals surface area contributed by atoms with E-state index in [4.69, 9.17) is 0 Å². The van der Waals surface area contributed by atoms with Gasteiger partial charge in [0.25, 0.3) is 0 Å². The summed E-state index contributed by atoms with van der Waals surface area (Å²) in [5.41, 5.74) is 0.619. The minimum absolute atomic E-state index is 0.0684. The average molecular weight is 437 g/mol. The zero-order valence-corrected chi connectivity index (χ0v) is 18.8. The normalized spacial score (nSPS) is 21.4. The Labute approximate surface area is 179 Å². The lowest BCUT2D eigenvalue weighted by Crippen LogP contribution is -2.45. The quantitative estimate of drug-likeness (QED) is 0.695. The van der Waals surface area contributed by atoms with Gasteiger partial charge < -0.3 is 15.1 Å². The molecule has 1 atom stereocenters. The van der Waals surface area contributed by atoms with Crippen LogP contribution in [0.2, 0.25) is 0 Å². The maximum absolute atomic E-state index is 12.7. The molecule has 0 aliphatic carbocycles.